The molecule has 0 radical (unpaired) electrons. The Bertz CT molecular complexity index is 841. The third-order valence-electron chi connectivity index (χ3n) is 4.76. The fourth-order valence-electron chi connectivity index (χ4n) is 2.59. The van der Waals surface area contributed by atoms with E-state index in [-0.39, 0.29) is 18.8 Å². The summed E-state index contributed by atoms with van der Waals surface area (Å²) in [4.78, 5) is 45.1. The molecule has 13 nitrogen and oxygen atoms in total. The number of methoxy groups -OCH3 is 1. The number of carbonyl (C=O) groups excluding carboxylic acids is 3. The maximum absolute atomic E-state index is 12.4. The highest BCUT2D eigenvalue weighted by molar-refractivity contribution is 5.92. The molecule has 5 N–H and O–H groups in total. The average molecular weight is 504 g/mol. The van der Waals surface area contributed by atoms with E-state index in [0.29, 0.717) is 24.0 Å². The minimum absolute atomic E-state index is 0.0171. The number of phenols is 1. The third-order valence-corrected chi connectivity index (χ3v) is 4.76. The molecule has 0 spiro atoms. The Kier molecular flexibility index (Phi) is 13.2. The third kappa shape index (κ3) is 9.76. The van der Waals surface area contributed by atoms with Gasteiger partial charge in [0.25, 0.3) is 0 Å². The van der Waals surface area contributed by atoms with Crippen LogP contribution in [0, 0.1) is 0 Å². The number of phenolic OH excluding ortho intramolecular Hbond substituents is 1. The maximum atomic E-state index is 12.4. The van der Waals surface area contributed by atoms with Gasteiger partial charge in [-0.25, -0.2) is 24.2 Å². The monoisotopic (exact) mass is 504 g/mol. The smallest absolute Gasteiger partial charge is 0.342 e. The molecule has 198 valence electrons. The van der Waals surface area contributed by atoms with Gasteiger partial charge in [-0.3, -0.25) is 0 Å². The standard InChI is InChI=1S/C22H32O13/c1-4-12-6-16(17(25)7-13(12)8-34-35-11-14(23)5-2)20(28)32-9-15(24)10-33-22(30)19(27)18(26)21(29)31-3/h6-7,14-15,18-19,23-27H,4-5,8-11H2,1-3H3. The lowest BCUT2D eigenvalue weighted by molar-refractivity contribution is -0.314. The zero-order valence-corrected chi connectivity index (χ0v) is 19.7. The first-order chi connectivity index (χ1) is 16.5. The second kappa shape index (κ2) is 15.2. The van der Waals surface area contributed by atoms with E-state index >= 15 is 0 Å². The molecule has 0 saturated heterocycles. The van der Waals surface area contributed by atoms with Gasteiger partial charge in [-0.05, 0) is 36.1 Å². The Balaban J connectivity index is 2.61. The number of hydrogen-bond donors (Lipinski definition) is 5. The molecule has 0 heterocycles. The van der Waals surface area contributed by atoms with E-state index in [9.17, 15) is 39.9 Å². The number of esters is 3. The van der Waals surface area contributed by atoms with Crippen molar-refractivity contribution in [2.75, 3.05) is 26.9 Å². The van der Waals surface area contributed by atoms with Crippen LogP contribution < -0.4 is 0 Å². The van der Waals surface area contributed by atoms with E-state index in [1.54, 1.807) is 6.92 Å². The first kappa shape index (κ1) is 30.2. The highest BCUT2D eigenvalue weighted by Crippen LogP contribution is 2.25. The van der Waals surface area contributed by atoms with Gasteiger partial charge in [0.2, 0.25) is 0 Å². The molecule has 0 saturated carbocycles. The Hall–Kier alpha value is -2.81. The molecular weight excluding hydrogens is 472 g/mol. The van der Waals surface area contributed by atoms with Gasteiger partial charge in [0.15, 0.2) is 12.2 Å². The molecule has 1 aromatic rings. The molecule has 35 heavy (non-hydrogen) atoms. The number of aromatic hydroxyl groups is 1. The van der Waals surface area contributed by atoms with Crippen molar-refractivity contribution >= 4 is 17.9 Å². The minimum atomic E-state index is -2.23. The van der Waals surface area contributed by atoms with Crippen LogP contribution in [-0.2, 0) is 46.6 Å². The predicted octanol–water partition coefficient (Wildman–Crippen LogP) is -0.871. The number of aliphatic hydroxyl groups is 4. The van der Waals surface area contributed by atoms with E-state index in [1.165, 1.54) is 12.1 Å². The van der Waals surface area contributed by atoms with Crippen molar-refractivity contribution in [2.24, 2.45) is 0 Å². The molecule has 0 bridgehead atoms. The number of aliphatic hydroxyl groups excluding tert-OH is 4. The van der Waals surface area contributed by atoms with Gasteiger partial charge in [-0.1, -0.05) is 13.8 Å². The first-order valence-electron chi connectivity index (χ1n) is 10.8. The second-order valence-electron chi connectivity index (χ2n) is 7.40. The Morgan fingerprint density at radius 1 is 0.829 bits per heavy atom. The van der Waals surface area contributed by atoms with E-state index in [1.807, 2.05) is 6.92 Å². The molecular formula is C22H32O13. The predicted molar refractivity (Wildman–Crippen MR) is 116 cm³/mol. The molecule has 0 aliphatic heterocycles. The SMILES string of the molecule is CCc1cc(C(=O)OCC(O)COC(=O)C(O)C(O)C(=O)OC)c(O)cc1COOCC(O)CC. The number of rotatable bonds is 15. The summed E-state index contributed by atoms with van der Waals surface area (Å²) in [6.07, 6.45) is -5.58. The van der Waals surface area contributed by atoms with Crippen molar-refractivity contribution in [1.82, 2.24) is 0 Å². The van der Waals surface area contributed by atoms with Crippen LogP contribution in [0.1, 0.15) is 41.8 Å². The lowest BCUT2D eigenvalue weighted by Crippen LogP contribution is -2.42. The highest BCUT2D eigenvalue weighted by atomic mass is 17.2. The van der Waals surface area contributed by atoms with Crippen molar-refractivity contribution < 1.29 is 63.9 Å². The van der Waals surface area contributed by atoms with E-state index < -0.39 is 61.3 Å². The summed E-state index contributed by atoms with van der Waals surface area (Å²) in [5.41, 5.74) is 1.03. The maximum Gasteiger partial charge on any atom is 0.342 e. The summed E-state index contributed by atoms with van der Waals surface area (Å²) in [7, 11) is 0.944. The summed E-state index contributed by atoms with van der Waals surface area (Å²) in [6.45, 7) is 2.21. The molecule has 0 aliphatic rings. The minimum Gasteiger partial charge on any atom is -0.507 e. The number of ether oxygens (including phenoxy) is 3. The van der Waals surface area contributed by atoms with Gasteiger partial charge in [0, 0.05) is 0 Å². The number of carbonyl (C=O) groups is 3. The van der Waals surface area contributed by atoms with Crippen molar-refractivity contribution in [3.05, 3.63) is 28.8 Å². The largest absolute Gasteiger partial charge is 0.507 e. The molecule has 0 aliphatic carbocycles. The normalized spacial score (nSPS) is 14.5. The molecule has 4 atom stereocenters. The second-order valence-corrected chi connectivity index (χ2v) is 7.40. The lowest BCUT2D eigenvalue weighted by Gasteiger charge is -2.17. The summed E-state index contributed by atoms with van der Waals surface area (Å²) in [6, 6.07) is 2.70. The zero-order chi connectivity index (χ0) is 26.5. The molecule has 0 aromatic heterocycles. The van der Waals surface area contributed by atoms with Crippen LogP contribution in [0.5, 0.6) is 5.75 Å². The Morgan fingerprint density at radius 3 is 2.06 bits per heavy atom. The molecule has 4 unspecified atom stereocenters. The van der Waals surface area contributed by atoms with E-state index in [4.69, 9.17) is 14.5 Å². The summed E-state index contributed by atoms with van der Waals surface area (Å²) >= 11 is 0. The van der Waals surface area contributed by atoms with Crippen LogP contribution in [0.2, 0.25) is 0 Å². The lowest BCUT2D eigenvalue weighted by atomic mass is 10.0. The summed E-state index contributed by atoms with van der Waals surface area (Å²) < 4.78 is 13.7. The fourth-order valence-corrected chi connectivity index (χ4v) is 2.59. The van der Waals surface area contributed by atoms with Crippen molar-refractivity contribution in [1.29, 1.82) is 0 Å². The van der Waals surface area contributed by atoms with E-state index in [2.05, 4.69) is 9.47 Å². The molecule has 1 aromatic carbocycles. The van der Waals surface area contributed by atoms with Crippen molar-refractivity contribution in [2.45, 2.75) is 57.7 Å². The van der Waals surface area contributed by atoms with Gasteiger partial charge in [0.05, 0.1) is 13.2 Å². The topological polar surface area (TPSA) is 199 Å². The number of benzene rings is 1. The van der Waals surface area contributed by atoms with Crippen LogP contribution in [0.3, 0.4) is 0 Å². The van der Waals surface area contributed by atoms with Gasteiger partial charge in [-0.15, -0.1) is 0 Å². The van der Waals surface area contributed by atoms with Gasteiger partial charge < -0.3 is 39.7 Å². The Labute approximate surface area is 201 Å². The van der Waals surface area contributed by atoms with E-state index in [0.717, 1.165) is 7.11 Å². The van der Waals surface area contributed by atoms with Gasteiger partial charge >= 0.3 is 17.9 Å². The van der Waals surface area contributed by atoms with Crippen LogP contribution in [0.25, 0.3) is 0 Å². The van der Waals surface area contributed by atoms with Crippen molar-refractivity contribution in [3.8, 4) is 5.75 Å². The van der Waals surface area contributed by atoms with Crippen LogP contribution in [0.4, 0.5) is 0 Å². The van der Waals surface area contributed by atoms with Crippen molar-refractivity contribution in [3.63, 3.8) is 0 Å². The molecule has 0 amide bonds. The highest BCUT2D eigenvalue weighted by Gasteiger charge is 2.32. The number of hydrogen-bond acceptors (Lipinski definition) is 13. The molecule has 13 heteroatoms. The van der Waals surface area contributed by atoms with Crippen LogP contribution in [-0.4, -0.2) is 94.8 Å². The van der Waals surface area contributed by atoms with Crippen LogP contribution in [0.15, 0.2) is 12.1 Å². The Morgan fingerprint density at radius 2 is 1.46 bits per heavy atom. The first-order valence-corrected chi connectivity index (χ1v) is 10.8. The zero-order valence-electron chi connectivity index (χ0n) is 19.7. The van der Waals surface area contributed by atoms with Crippen LogP contribution >= 0.6 is 0 Å². The summed E-state index contributed by atoms with van der Waals surface area (Å²) in [5, 5.41) is 48.5. The summed E-state index contributed by atoms with van der Waals surface area (Å²) in [5.74, 6) is -4.01. The fraction of sp³-hybridized carbons (Fsp3) is 0.591. The molecule has 0 fully saturated rings. The quantitative estimate of drug-likeness (QED) is 0.0650. The molecule has 1 rings (SSSR count). The number of aryl methyl sites for hydroxylation is 1. The van der Waals surface area contributed by atoms with Gasteiger partial charge in [0.1, 0.15) is 43.8 Å². The van der Waals surface area contributed by atoms with Gasteiger partial charge in [-0.2, -0.15) is 0 Å². The average Bonchev–Trinajstić information content (AvgIpc) is 2.86.